The third-order valence-corrected chi connectivity index (χ3v) is 5.97. The average molecular weight is 388 g/mol. The molecule has 4 rings (SSSR count). The van der Waals surface area contributed by atoms with Gasteiger partial charge in [0.1, 0.15) is 5.00 Å². The molecular weight excluding hydrogens is 368 g/mol. The van der Waals surface area contributed by atoms with E-state index in [2.05, 4.69) is 17.1 Å². The van der Waals surface area contributed by atoms with Gasteiger partial charge in [-0.1, -0.05) is 6.92 Å². The Morgan fingerprint density at radius 3 is 2.89 bits per heavy atom. The zero-order valence-electron chi connectivity index (χ0n) is 15.2. The molecular formula is C19H20N2O5S. The number of amides is 1. The molecule has 2 aliphatic rings. The number of thiophene rings is 1. The number of benzene rings is 1. The molecule has 0 fully saturated rings. The molecule has 1 amide bonds. The van der Waals surface area contributed by atoms with Gasteiger partial charge in [-0.05, 0) is 36.7 Å². The van der Waals surface area contributed by atoms with Crippen molar-refractivity contribution >= 4 is 28.2 Å². The van der Waals surface area contributed by atoms with E-state index in [1.165, 1.54) is 18.4 Å². The molecule has 0 spiro atoms. The van der Waals surface area contributed by atoms with E-state index in [1.54, 1.807) is 18.2 Å². The molecule has 2 aliphatic heterocycles. The summed E-state index contributed by atoms with van der Waals surface area (Å²) in [5.41, 5.74) is 1.90. The third-order valence-electron chi connectivity index (χ3n) is 4.83. The smallest absolute Gasteiger partial charge is 0.341 e. The number of methoxy groups -OCH3 is 1. The number of hydrogen-bond donors (Lipinski definition) is 1. The number of likely N-dealkylation sites (N-methyl/N-ethyl adjacent to an activating group) is 1. The first-order chi connectivity index (χ1) is 13.1. The maximum Gasteiger partial charge on any atom is 0.341 e. The minimum atomic E-state index is -0.418. The molecule has 0 aliphatic carbocycles. The quantitative estimate of drug-likeness (QED) is 0.812. The Hall–Kier alpha value is -2.58. The van der Waals surface area contributed by atoms with Crippen LogP contribution < -0.4 is 14.8 Å². The Balaban J connectivity index is 1.64. The van der Waals surface area contributed by atoms with E-state index < -0.39 is 5.97 Å². The number of carbonyl (C=O) groups is 2. The van der Waals surface area contributed by atoms with E-state index in [0.717, 1.165) is 36.5 Å². The van der Waals surface area contributed by atoms with Crippen LogP contribution in [-0.2, 0) is 17.7 Å². The maximum atomic E-state index is 12.7. The molecule has 0 saturated heterocycles. The molecule has 0 unspecified atom stereocenters. The zero-order chi connectivity index (χ0) is 19.0. The molecule has 1 aromatic carbocycles. The monoisotopic (exact) mass is 388 g/mol. The van der Waals surface area contributed by atoms with Crippen LogP contribution in [0.4, 0.5) is 5.00 Å². The lowest BCUT2D eigenvalue weighted by Gasteiger charge is -2.25. The highest BCUT2D eigenvalue weighted by atomic mass is 32.1. The number of esters is 1. The standard InChI is InChI=1S/C19H20N2O5S/c1-3-21-7-6-12-15(9-21)27-18(16(12)19(23)24-2)20-17(22)11-4-5-13-14(8-11)26-10-25-13/h4-5,8H,3,6-7,9-10H2,1-2H3,(H,20,22). The van der Waals surface area contributed by atoms with E-state index >= 15 is 0 Å². The van der Waals surface area contributed by atoms with E-state index in [9.17, 15) is 9.59 Å². The highest BCUT2D eigenvalue weighted by Gasteiger charge is 2.29. The van der Waals surface area contributed by atoms with Crippen LogP contribution in [0, 0.1) is 0 Å². The Morgan fingerprint density at radius 2 is 2.11 bits per heavy atom. The van der Waals surface area contributed by atoms with Gasteiger partial charge in [-0.15, -0.1) is 11.3 Å². The third kappa shape index (κ3) is 3.26. The largest absolute Gasteiger partial charge is 0.465 e. The topological polar surface area (TPSA) is 77.1 Å². The van der Waals surface area contributed by atoms with E-state index in [1.807, 2.05) is 0 Å². The summed E-state index contributed by atoms with van der Waals surface area (Å²) in [6.45, 7) is 4.88. The lowest BCUT2D eigenvalue weighted by Crippen LogP contribution is -2.29. The summed E-state index contributed by atoms with van der Waals surface area (Å²) in [5, 5.41) is 3.42. The molecule has 0 saturated carbocycles. The molecule has 2 aromatic rings. The molecule has 27 heavy (non-hydrogen) atoms. The number of nitrogens with one attached hydrogen (secondary N) is 1. The van der Waals surface area contributed by atoms with Crippen LogP contribution in [0.3, 0.4) is 0 Å². The molecule has 7 nitrogen and oxygen atoms in total. The lowest BCUT2D eigenvalue weighted by atomic mass is 10.0. The number of hydrogen-bond acceptors (Lipinski definition) is 7. The molecule has 1 N–H and O–H groups in total. The van der Waals surface area contributed by atoms with Gasteiger partial charge in [0, 0.05) is 23.5 Å². The Labute approximate surface area is 160 Å². The zero-order valence-corrected chi connectivity index (χ0v) is 16.0. The molecule has 0 bridgehead atoms. The molecule has 1 aromatic heterocycles. The van der Waals surface area contributed by atoms with Crippen LogP contribution >= 0.6 is 11.3 Å². The predicted molar refractivity (Wildman–Crippen MR) is 101 cm³/mol. The van der Waals surface area contributed by atoms with Crippen molar-refractivity contribution < 1.29 is 23.8 Å². The second kappa shape index (κ2) is 7.21. The minimum Gasteiger partial charge on any atom is -0.465 e. The van der Waals surface area contributed by atoms with Gasteiger partial charge in [0.25, 0.3) is 5.91 Å². The number of rotatable bonds is 4. The van der Waals surface area contributed by atoms with Gasteiger partial charge < -0.3 is 19.5 Å². The van der Waals surface area contributed by atoms with Crippen molar-refractivity contribution in [2.45, 2.75) is 19.9 Å². The minimum absolute atomic E-state index is 0.151. The lowest BCUT2D eigenvalue weighted by molar-refractivity contribution is 0.0600. The van der Waals surface area contributed by atoms with Gasteiger partial charge in [-0.2, -0.15) is 0 Å². The van der Waals surface area contributed by atoms with Crippen molar-refractivity contribution in [1.82, 2.24) is 4.90 Å². The fraction of sp³-hybridized carbons (Fsp3) is 0.368. The molecule has 8 heteroatoms. The van der Waals surface area contributed by atoms with Gasteiger partial charge in [0.15, 0.2) is 11.5 Å². The van der Waals surface area contributed by atoms with Gasteiger partial charge >= 0.3 is 5.97 Å². The SMILES string of the molecule is CCN1CCc2c(sc(NC(=O)c3ccc4c(c3)OCO4)c2C(=O)OC)C1. The van der Waals surface area contributed by atoms with Crippen molar-refractivity contribution in [1.29, 1.82) is 0 Å². The highest BCUT2D eigenvalue weighted by molar-refractivity contribution is 7.17. The molecule has 142 valence electrons. The van der Waals surface area contributed by atoms with E-state index in [-0.39, 0.29) is 12.7 Å². The van der Waals surface area contributed by atoms with Crippen LogP contribution in [0.5, 0.6) is 11.5 Å². The first kappa shape index (κ1) is 17.8. The number of nitrogens with zero attached hydrogens (tertiary/aromatic N) is 1. The van der Waals surface area contributed by atoms with Gasteiger partial charge in [-0.25, -0.2) is 4.79 Å². The van der Waals surface area contributed by atoms with Crippen molar-refractivity contribution in [2.24, 2.45) is 0 Å². The van der Waals surface area contributed by atoms with Crippen LogP contribution in [0.15, 0.2) is 18.2 Å². The van der Waals surface area contributed by atoms with Crippen LogP contribution in [0.1, 0.15) is 38.1 Å². The van der Waals surface area contributed by atoms with Gasteiger partial charge in [-0.3, -0.25) is 9.69 Å². The summed E-state index contributed by atoms with van der Waals surface area (Å²) in [6, 6.07) is 5.02. The summed E-state index contributed by atoms with van der Waals surface area (Å²) in [6.07, 6.45) is 0.768. The summed E-state index contributed by atoms with van der Waals surface area (Å²) in [4.78, 5) is 28.5. The van der Waals surface area contributed by atoms with Crippen LogP contribution in [0.2, 0.25) is 0 Å². The second-order valence-corrected chi connectivity index (χ2v) is 7.45. The van der Waals surface area contributed by atoms with E-state index in [0.29, 0.717) is 27.6 Å². The van der Waals surface area contributed by atoms with Crippen LogP contribution in [0.25, 0.3) is 0 Å². The van der Waals surface area contributed by atoms with Crippen molar-refractivity contribution in [3.63, 3.8) is 0 Å². The number of carbonyl (C=O) groups excluding carboxylic acids is 2. The summed E-state index contributed by atoms with van der Waals surface area (Å²) < 4.78 is 15.6. The number of ether oxygens (including phenoxy) is 3. The van der Waals surface area contributed by atoms with Crippen molar-refractivity contribution in [2.75, 3.05) is 32.3 Å². The van der Waals surface area contributed by atoms with E-state index in [4.69, 9.17) is 14.2 Å². The summed E-state index contributed by atoms with van der Waals surface area (Å²) in [5.74, 6) is 0.441. The van der Waals surface area contributed by atoms with Crippen molar-refractivity contribution in [3.05, 3.63) is 39.8 Å². The molecule has 3 heterocycles. The summed E-state index contributed by atoms with van der Waals surface area (Å²) in [7, 11) is 1.36. The second-order valence-electron chi connectivity index (χ2n) is 6.34. The Kier molecular flexibility index (Phi) is 4.75. The normalized spacial score (nSPS) is 15.3. The first-order valence-electron chi connectivity index (χ1n) is 8.77. The van der Waals surface area contributed by atoms with Crippen molar-refractivity contribution in [3.8, 4) is 11.5 Å². The van der Waals surface area contributed by atoms with Gasteiger partial charge in [0.2, 0.25) is 6.79 Å². The molecule has 0 atom stereocenters. The van der Waals surface area contributed by atoms with Crippen LogP contribution in [-0.4, -0.2) is 43.8 Å². The fourth-order valence-electron chi connectivity index (χ4n) is 3.35. The predicted octanol–water partition coefficient (Wildman–Crippen LogP) is 2.89. The Bertz CT molecular complexity index is 908. The Morgan fingerprint density at radius 1 is 1.30 bits per heavy atom. The fourth-order valence-corrected chi connectivity index (χ4v) is 4.62. The number of fused-ring (bicyclic) bond motifs is 2. The highest BCUT2D eigenvalue weighted by Crippen LogP contribution is 2.38. The van der Waals surface area contributed by atoms with Gasteiger partial charge in [0.05, 0.1) is 12.7 Å². The maximum absolute atomic E-state index is 12.7. The first-order valence-corrected chi connectivity index (χ1v) is 9.58. The summed E-state index contributed by atoms with van der Waals surface area (Å²) >= 11 is 1.44. The number of anilines is 1. The average Bonchev–Trinajstić information content (AvgIpc) is 3.29. The molecule has 0 radical (unpaired) electrons.